The molecule has 1 aromatic carbocycles. The predicted molar refractivity (Wildman–Crippen MR) is 71.0 cm³/mol. The van der Waals surface area contributed by atoms with E-state index in [1.807, 2.05) is 0 Å². The maximum atomic E-state index is 13.9. The number of rotatable bonds is 2. The molecule has 0 radical (unpaired) electrons. The van der Waals surface area contributed by atoms with E-state index in [9.17, 15) is 22.4 Å². The van der Waals surface area contributed by atoms with Crippen molar-refractivity contribution in [2.45, 2.75) is 31.1 Å². The van der Waals surface area contributed by atoms with E-state index >= 15 is 0 Å². The van der Waals surface area contributed by atoms with Crippen LogP contribution in [0, 0.1) is 5.82 Å². The Bertz CT molecular complexity index is 562. The van der Waals surface area contributed by atoms with Crippen LogP contribution in [0.25, 0.3) is 0 Å². The van der Waals surface area contributed by atoms with Crippen LogP contribution < -0.4 is 10.5 Å². The first-order chi connectivity index (χ1) is 10.2. The number of nitrogens with two attached hydrogens (primary N) is 1. The number of ether oxygens (including phenoxy) is 1. The number of carbonyl (C=O) groups excluding carboxylic acids is 1. The van der Waals surface area contributed by atoms with Crippen LogP contribution in [0.4, 0.5) is 17.6 Å². The fraction of sp³-hybridized carbons (Fsp3) is 0.500. The highest BCUT2D eigenvalue weighted by atomic mass is 19.4. The van der Waals surface area contributed by atoms with Crippen molar-refractivity contribution in [3.63, 3.8) is 0 Å². The van der Waals surface area contributed by atoms with Gasteiger partial charge in [-0.15, -0.1) is 0 Å². The van der Waals surface area contributed by atoms with Gasteiger partial charge in [0, 0.05) is 18.7 Å². The maximum Gasteiger partial charge on any atom is 0.408 e. The van der Waals surface area contributed by atoms with Gasteiger partial charge < -0.3 is 15.4 Å². The van der Waals surface area contributed by atoms with Crippen molar-refractivity contribution in [1.29, 1.82) is 0 Å². The van der Waals surface area contributed by atoms with Crippen LogP contribution in [-0.4, -0.2) is 42.7 Å². The molecule has 2 atom stereocenters. The van der Waals surface area contributed by atoms with E-state index in [2.05, 4.69) is 0 Å². The van der Waals surface area contributed by atoms with Crippen LogP contribution in [0.15, 0.2) is 18.2 Å². The van der Waals surface area contributed by atoms with Gasteiger partial charge >= 0.3 is 6.18 Å². The third-order valence-electron chi connectivity index (χ3n) is 3.66. The topological polar surface area (TPSA) is 55.6 Å². The SMILES string of the molecule is COc1ccc(C(=O)N2C[C@H](N)CC[C@H]2C(F)(F)F)c(F)c1. The highest BCUT2D eigenvalue weighted by Crippen LogP contribution is 2.33. The quantitative estimate of drug-likeness (QED) is 0.851. The second-order valence-corrected chi connectivity index (χ2v) is 5.20. The highest BCUT2D eigenvalue weighted by molar-refractivity contribution is 5.95. The Balaban J connectivity index is 2.32. The van der Waals surface area contributed by atoms with Gasteiger partial charge in [-0.05, 0) is 25.0 Å². The number of likely N-dealkylation sites (tertiary alicyclic amines) is 1. The molecule has 1 aliphatic rings. The molecule has 1 fully saturated rings. The van der Waals surface area contributed by atoms with Crippen molar-refractivity contribution in [3.05, 3.63) is 29.6 Å². The molecule has 0 unspecified atom stereocenters. The van der Waals surface area contributed by atoms with Gasteiger partial charge in [0.25, 0.3) is 5.91 Å². The van der Waals surface area contributed by atoms with Gasteiger partial charge in [-0.1, -0.05) is 0 Å². The van der Waals surface area contributed by atoms with Crippen LogP contribution in [0.2, 0.25) is 0 Å². The zero-order valence-corrected chi connectivity index (χ0v) is 11.9. The first-order valence-electron chi connectivity index (χ1n) is 6.71. The summed E-state index contributed by atoms with van der Waals surface area (Å²) in [7, 11) is 1.32. The first kappa shape index (κ1) is 16.5. The molecule has 0 bridgehead atoms. The fourth-order valence-corrected chi connectivity index (χ4v) is 2.51. The van der Waals surface area contributed by atoms with Crippen molar-refractivity contribution in [3.8, 4) is 5.75 Å². The molecule has 122 valence electrons. The Labute approximate surface area is 124 Å². The summed E-state index contributed by atoms with van der Waals surface area (Å²) in [6, 6.07) is 0.900. The van der Waals surface area contributed by atoms with Crippen LogP contribution in [0.3, 0.4) is 0 Å². The van der Waals surface area contributed by atoms with Gasteiger partial charge in [-0.25, -0.2) is 4.39 Å². The van der Waals surface area contributed by atoms with E-state index in [0.29, 0.717) is 4.90 Å². The third-order valence-corrected chi connectivity index (χ3v) is 3.66. The predicted octanol–water partition coefficient (Wildman–Crippen LogP) is 2.33. The number of piperidine rings is 1. The normalized spacial score (nSPS) is 22.5. The molecule has 1 heterocycles. The Morgan fingerprint density at radius 3 is 2.59 bits per heavy atom. The molecule has 4 nitrogen and oxygen atoms in total. The molecule has 1 saturated heterocycles. The molecule has 0 saturated carbocycles. The summed E-state index contributed by atoms with van der Waals surface area (Å²) >= 11 is 0. The van der Waals surface area contributed by atoms with Crippen LogP contribution in [0.5, 0.6) is 5.75 Å². The number of amides is 1. The summed E-state index contributed by atoms with van der Waals surface area (Å²) in [5.41, 5.74) is 5.23. The van der Waals surface area contributed by atoms with Crippen molar-refractivity contribution in [2.75, 3.05) is 13.7 Å². The minimum Gasteiger partial charge on any atom is -0.497 e. The summed E-state index contributed by atoms with van der Waals surface area (Å²) in [5, 5.41) is 0. The Hall–Kier alpha value is -1.83. The Morgan fingerprint density at radius 1 is 1.36 bits per heavy atom. The largest absolute Gasteiger partial charge is 0.497 e. The molecular formula is C14H16F4N2O2. The van der Waals surface area contributed by atoms with Gasteiger partial charge in [0.1, 0.15) is 17.6 Å². The average Bonchev–Trinajstić information content (AvgIpc) is 2.45. The smallest absolute Gasteiger partial charge is 0.408 e. The van der Waals surface area contributed by atoms with E-state index in [4.69, 9.17) is 10.5 Å². The lowest BCUT2D eigenvalue weighted by atomic mass is 9.97. The van der Waals surface area contributed by atoms with Crippen LogP contribution in [-0.2, 0) is 0 Å². The minimum atomic E-state index is -4.57. The number of methoxy groups -OCH3 is 1. The number of hydrogen-bond donors (Lipinski definition) is 1. The molecule has 0 aliphatic carbocycles. The summed E-state index contributed by atoms with van der Waals surface area (Å²) in [6.45, 7) is -0.255. The average molecular weight is 320 g/mol. The molecule has 2 N–H and O–H groups in total. The van der Waals surface area contributed by atoms with Gasteiger partial charge in [-0.3, -0.25) is 4.79 Å². The van der Waals surface area contributed by atoms with Crippen molar-refractivity contribution < 1.29 is 27.1 Å². The van der Waals surface area contributed by atoms with Crippen LogP contribution in [0.1, 0.15) is 23.2 Å². The molecule has 0 aromatic heterocycles. The van der Waals surface area contributed by atoms with Crippen molar-refractivity contribution in [2.24, 2.45) is 5.73 Å². The minimum absolute atomic E-state index is 0.166. The van der Waals surface area contributed by atoms with Gasteiger partial charge in [0.2, 0.25) is 0 Å². The van der Waals surface area contributed by atoms with E-state index in [1.165, 1.54) is 13.2 Å². The van der Waals surface area contributed by atoms with E-state index in [1.54, 1.807) is 0 Å². The van der Waals surface area contributed by atoms with Crippen LogP contribution >= 0.6 is 0 Å². The number of nitrogens with zero attached hydrogens (tertiary/aromatic N) is 1. The lowest BCUT2D eigenvalue weighted by molar-refractivity contribution is -0.184. The molecule has 0 spiro atoms. The molecule has 8 heteroatoms. The molecule has 1 aliphatic heterocycles. The number of alkyl halides is 3. The van der Waals surface area contributed by atoms with E-state index in [-0.39, 0.29) is 25.1 Å². The maximum absolute atomic E-state index is 13.9. The fourth-order valence-electron chi connectivity index (χ4n) is 2.51. The van der Waals surface area contributed by atoms with E-state index < -0.39 is 35.5 Å². The summed E-state index contributed by atoms with van der Waals surface area (Å²) in [5.74, 6) is -1.76. The van der Waals surface area contributed by atoms with E-state index in [0.717, 1.165) is 12.1 Å². The standard InChI is InChI=1S/C14H16F4N2O2/c1-22-9-3-4-10(11(15)6-9)13(21)20-7-8(19)2-5-12(20)14(16,17)18/h3-4,6,8,12H,2,5,7,19H2,1H3/t8-,12+/m1/s1. The monoisotopic (exact) mass is 320 g/mol. The summed E-state index contributed by atoms with van der Waals surface area (Å²) < 4.78 is 57.9. The lowest BCUT2D eigenvalue weighted by Crippen LogP contribution is -2.56. The molecule has 2 rings (SSSR count). The number of hydrogen-bond acceptors (Lipinski definition) is 3. The lowest BCUT2D eigenvalue weighted by Gasteiger charge is -2.39. The molecule has 1 aromatic rings. The van der Waals surface area contributed by atoms with Gasteiger partial charge in [0.05, 0.1) is 12.7 Å². The second kappa shape index (κ2) is 6.12. The Kier molecular flexibility index (Phi) is 4.60. The van der Waals surface area contributed by atoms with Crippen molar-refractivity contribution >= 4 is 5.91 Å². The van der Waals surface area contributed by atoms with Gasteiger partial charge in [0.15, 0.2) is 0 Å². The van der Waals surface area contributed by atoms with Gasteiger partial charge in [-0.2, -0.15) is 13.2 Å². The molecule has 22 heavy (non-hydrogen) atoms. The zero-order valence-electron chi connectivity index (χ0n) is 11.9. The second-order valence-electron chi connectivity index (χ2n) is 5.20. The first-order valence-corrected chi connectivity index (χ1v) is 6.71. The molecular weight excluding hydrogens is 304 g/mol. The zero-order chi connectivity index (χ0) is 16.5. The summed E-state index contributed by atoms with van der Waals surface area (Å²) in [6.07, 6.45) is -4.69. The number of halogens is 4. The number of benzene rings is 1. The Morgan fingerprint density at radius 2 is 2.05 bits per heavy atom. The molecule has 1 amide bonds. The number of carbonyl (C=O) groups is 1. The van der Waals surface area contributed by atoms with Crippen molar-refractivity contribution in [1.82, 2.24) is 4.90 Å². The highest BCUT2D eigenvalue weighted by Gasteiger charge is 2.48. The third kappa shape index (κ3) is 3.32. The summed E-state index contributed by atoms with van der Waals surface area (Å²) in [4.78, 5) is 12.9.